The van der Waals surface area contributed by atoms with Crippen molar-refractivity contribution < 1.29 is 19.1 Å². The minimum Gasteiger partial charge on any atom is -0.489 e. The quantitative estimate of drug-likeness (QED) is 0.716. The third kappa shape index (κ3) is 3.60. The number of fused-ring (bicyclic) bond motifs is 1. The van der Waals surface area contributed by atoms with Gasteiger partial charge in [-0.25, -0.2) is 0 Å². The van der Waals surface area contributed by atoms with Crippen molar-refractivity contribution in [3.63, 3.8) is 0 Å². The number of nitrogens with zero attached hydrogens (tertiary/aromatic N) is 2. The van der Waals surface area contributed by atoms with Crippen LogP contribution in [0.5, 0.6) is 5.75 Å². The molecule has 3 heterocycles. The van der Waals surface area contributed by atoms with Crippen LogP contribution in [0.1, 0.15) is 67.3 Å². The van der Waals surface area contributed by atoms with Crippen molar-refractivity contribution in [3.8, 4) is 5.75 Å². The molecule has 0 radical (unpaired) electrons. The standard InChI is InChI=1S/C25H31N3O4/c29-23-10-9-21(24(30)26-23)28-14-16-11-18(7-8-19(16)25(28)31)32-22-4-2-1-3-20(22)27-12-17(13-27)15-5-6-15/h7-8,11,15,17,20-22H,1-6,9-10,12-14H2,(H,26,29,30)/t20-,21?,22+/m1/s1. The number of hydrogen-bond acceptors (Lipinski definition) is 5. The molecule has 2 saturated carbocycles. The van der Waals surface area contributed by atoms with Crippen molar-refractivity contribution >= 4 is 17.7 Å². The zero-order valence-corrected chi connectivity index (χ0v) is 18.4. The molecule has 0 aromatic heterocycles. The highest BCUT2D eigenvalue weighted by Gasteiger charge is 2.44. The highest BCUT2D eigenvalue weighted by atomic mass is 16.5. The lowest BCUT2D eigenvalue weighted by atomic mass is 9.85. The molecule has 0 spiro atoms. The van der Waals surface area contributed by atoms with Gasteiger partial charge in [-0.15, -0.1) is 0 Å². The lowest BCUT2D eigenvalue weighted by molar-refractivity contribution is -0.136. The summed E-state index contributed by atoms with van der Waals surface area (Å²) in [5.41, 5.74) is 1.54. The van der Waals surface area contributed by atoms with Gasteiger partial charge in [0, 0.05) is 37.7 Å². The van der Waals surface area contributed by atoms with E-state index < -0.39 is 6.04 Å². The van der Waals surface area contributed by atoms with Gasteiger partial charge in [-0.2, -0.15) is 0 Å². The molecule has 1 aromatic rings. The van der Waals surface area contributed by atoms with E-state index in [-0.39, 0.29) is 30.2 Å². The summed E-state index contributed by atoms with van der Waals surface area (Å²) in [5, 5.41) is 2.36. The molecule has 1 N–H and O–H groups in total. The van der Waals surface area contributed by atoms with Crippen molar-refractivity contribution in [1.82, 2.24) is 15.1 Å². The zero-order chi connectivity index (χ0) is 21.8. The number of carbonyl (C=O) groups is 3. The predicted molar refractivity (Wildman–Crippen MR) is 117 cm³/mol. The molecular weight excluding hydrogens is 406 g/mol. The Bertz CT molecular complexity index is 953. The maximum atomic E-state index is 12.9. The molecule has 3 aliphatic heterocycles. The van der Waals surface area contributed by atoms with Gasteiger partial charge in [0.15, 0.2) is 0 Å². The predicted octanol–water partition coefficient (Wildman–Crippen LogP) is 2.48. The van der Waals surface area contributed by atoms with Crippen molar-refractivity contribution in [1.29, 1.82) is 0 Å². The Morgan fingerprint density at radius 2 is 1.75 bits per heavy atom. The topological polar surface area (TPSA) is 79.0 Å². The largest absolute Gasteiger partial charge is 0.489 e. The Labute approximate surface area is 188 Å². The Kier molecular flexibility index (Phi) is 4.97. The fourth-order valence-electron chi connectivity index (χ4n) is 6.12. The lowest BCUT2D eigenvalue weighted by Crippen LogP contribution is -2.58. The number of ether oxygens (including phenoxy) is 1. The SMILES string of the molecule is O=C1CCC(N2Cc3cc(O[C@H]4CCCC[C@H]4N4CC(C5CC5)C4)ccc3C2=O)C(=O)N1. The fraction of sp³-hybridized carbons (Fsp3) is 0.640. The summed E-state index contributed by atoms with van der Waals surface area (Å²) in [4.78, 5) is 40.9. The molecule has 0 bridgehead atoms. The molecule has 170 valence electrons. The molecule has 1 unspecified atom stereocenters. The van der Waals surface area contributed by atoms with Gasteiger partial charge in [0.25, 0.3) is 5.91 Å². The minimum absolute atomic E-state index is 0.136. The number of rotatable bonds is 5. The average Bonchev–Trinajstić information content (AvgIpc) is 3.52. The molecule has 2 saturated heterocycles. The van der Waals surface area contributed by atoms with Crippen LogP contribution in [0, 0.1) is 11.8 Å². The molecule has 7 heteroatoms. The van der Waals surface area contributed by atoms with Gasteiger partial charge < -0.3 is 9.64 Å². The van der Waals surface area contributed by atoms with E-state index in [1.54, 1.807) is 4.90 Å². The summed E-state index contributed by atoms with van der Waals surface area (Å²) in [6.45, 7) is 2.85. The fourth-order valence-corrected chi connectivity index (χ4v) is 6.12. The second-order valence-electron chi connectivity index (χ2n) is 10.3. The van der Waals surface area contributed by atoms with E-state index in [0.717, 1.165) is 29.6 Å². The van der Waals surface area contributed by atoms with Gasteiger partial charge in [-0.05, 0) is 74.1 Å². The van der Waals surface area contributed by atoms with E-state index in [0.29, 0.717) is 24.6 Å². The van der Waals surface area contributed by atoms with Crippen LogP contribution in [0.4, 0.5) is 0 Å². The molecule has 1 aromatic carbocycles. The summed E-state index contributed by atoms with van der Waals surface area (Å²) < 4.78 is 6.52. The number of imide groups is 1. The van der Waals surface area contributed by atoms with Crippen LogP contribution in [-0.2, 0) is 16.1 Å². The number of nitrogens with one attached hydrogen (secondary N) is 1. The van der Waals surface area contributed by atoms with Crippen LogP contribution in [0.3, 0.4) is 0 Å². The summed E-state index contributed by atoms with van der Waals surface area (Å²) in [7, 11) is 0. The first-order valence-electron chi connectivity index (χ1n) is 12.2. The molecular formula is C25H31N3O4. The highest BCUT2D eigenvalue weighted by Crippen LogP contribution is 2.43. The van der Waals surface area contributed by atoms with Crippen LogP contribution in [-0.4, -0.2) is 58.8 Å². The Hall–Kier alpha value is -2.41. The lowest BCUT2D eigenvalue weighted by Gasteiger charge is -2.48. The van der Waals surface area contributed by atoms with Crippen molar-refractivity contribution in [2.24, 2.45) is 11.8 Å². The third-order valence-electron chi connectivity index (χ3n) is 8.15. The van der Waals surface area contributed by atoms with E-state index in [1.165, 1.54) is 45.2 Å². The number of likely N-dealkylation sites (tertiary alicyclic amines) is 1. The Morgan fingerprint density at radius 3 is 2.53 bits per heavy atom. The van der Waals surface area contributed by atoms with Gasteiger partial charge in [0.05, 0.1) is 0 Å². The minimum atomic E-state index is -0.578. The maximum absolute atomic E-state index is 12.9. The first kappa shape index (κ1) is 20.2. The van der Waals surface area contributed by atoms with Gasteiger partial charge in [-0.3, -0.25) is 24.6 Å². The summed E-state index contributed by atoms with van der Waals surface area (Å²) >= 11 is 0. The number of benzene rings is 1. The third-order valence-corrected chi connectivity index (χ3v) is 8.15. The van der Waals surface area contributed by atoms with Crippen LogP contribution in [0.25, 0.3) is 0 Å². The average molecular weight is 438 g/mol. The number of carbonyl (C=O) groups excluding carboxylic acids is 3. The Balaban J connectivity index is 1.13. The monoisotopic (exact) mass is 437 g/mol. The molecule has 2 aliphatic carbocycles. The first-order valence-corrected chi connectivity index (χ1v) is 12.2. The first-order chi connectivity index (χ1) is 15.6. The van der Waals surface area contributed by atoms with E-state index in [2.05, 4.69) is 10.2 Å². The molecule has 3 amide bonds. The van der Waals surface area contributed by atoms with Crippen LogP contribution in [0.15, 0.2) is 18.2 Å². The summed E-state index contributed by atoms with van der Waals surface area (Å²) in [6.07, 6.45) is 8.46. The maximum Gasteiger partial charge on any atom is 0.255 e. The summed E-state index contributed by atoms with van der Waals surface area (Å²) in [6, 6.07) is 5.63. The number of piperidine rings is 1. The van der Waals surface area contributed by atoms with Gasteiger partial charge in [0.2, 0.25) is 11.8 Å². The van der Waals surface area contributed by atoms with Crippen molar-refractivity contribution in [2.45, 2.75) is 76.1 Å². The highest BCUT2D eigenvalue weighted by molar-refractivity contribution is 6.05. The zero-order valence-electron chi connectivity index (χ0n) is 18.4. The van der Waals surface area contributed by atoms with E-state index in [1.807, 2.05) is 18.2 Å². The Morgan fingerprint density at radius 1 is 0.938 bits per heavy atom. The molecule has 5 aliphatic rings. The number of hydrogen-bond donors (Lipinski definition) is 1. The second-order valence-corrected chi connectivity index (χ2v) is 10.3. The molecule has 6 rings (SSSR count). The smallest absolute Gasteiger partial charge is 0.255 e. The van der Waals surface area contributed by atoms with Crippen LogP contribution >= 0.6 is 0 Å². The van der Waals surface area contributed by atoms with E-state index >= 15 is 0 Å². The van der Waals surface area contributed by atoms with Crippen molar-refractivity contribution in [2.75, 3.05) is 13.1 Å². The molecule has 32 heavy (non-hydrogen) atoms. The van der Waals surface area contributed by atoms with Gasteiger partial charge in [-0.1, -0.05) is 6.42 Å². The summed E-state index contributed by atoms with van der Waals surface area (Å²) in [5.74, 6) is 1.93. The van der Waals surface area contributed by atoms with E-state index in [9.17, 15) is 14.4 Å². The second kappa shape index (κ2) is 7.87. The number of amides is 3. The molecule has 4 fully saturated rings. The van der Waals surface area contributed by atoms with Crippen LogP contribution < -0.4 is 10.1 Å². The normalized spacial score (nSPS) is 31.3. The molecule has 7 nitrogen and oxygen atoms in total. The van der Waals surface area contributed by atoms with Gasteiger partial charge >= 0.3 is 0 Å². The molecule has 3 atom stereocenters. The van der Waals surface area contributed by atoms with Crippen molar-refractivity contribution in [3.05, 3.63) is 29.3 Å². The van der Waals surface area contributed by atoms with Crippen LogP contribution in [0.2, 0.25) is 0 Å². The van der Waals surface area contributed by atoms with E-state index in [4.69, 9.17) is 4.74 Å². The van der Waals surface area contributed by atoms with Gasteiger partial charge in [0.1, 0.15) is 17.9 Å².